The highest BCUT2D eigenvalue weighted by Crippen LogP contribution is 2.53. The van der Waals surface area contributed by atoms with Crippen molar-refractivity contribution in [3.05, 3.63) is 28.5 Å². The zero-order valence-electron chi connectivity index (χ0n) is 12.3. The van der Waals surface area contributed by atoms with E-state index in [0.29, 0.717) is 0 Å². The zero-order chi connectivity index (χ0) is 15.0. The number of carbonyl (C=O) groups excluding carboxylic acids is 1. The number of hydrogen-bond acceptors (Lipinski definition) is 4. The van der Waals surface area contributed by atoms with E-state index in [9.17, 15) is 4.79 Å². The van der Waals surface area contributed by atoms with Crippen LogP contribution in [0.5, 0.6) is 11.5 Å². The maximum Gasteiger partial charge on any atom is 0.231 e. The van der Waals surface area contributed by atoms with Gasteiger partial charge in [0.05, 0.1) is 4.99 Å². The lowest BCUT2D eigenvalue weighted by Crippen LogP contribution is -2.24. The van der Waals surface area contributed by atoms with Crippen molar-refractivity contribution in [2.24, 2.45) is 0 Å². The first-order valence-electron chi connectivity index (χ1n) is 7.70. The van der Waals surface area contributed by atoms with Crippen LogP contribution in [0.15, 0.2) is 11.8 Å². The number of carbonyl (C=O) groups is 1. The Morgan fingerprint density at radius 1 is 1.27 bits per heavy atom. The average Bonchev–Trinajstić information content (AvgIpc) is 3.13. The van der Waals surface area contributed by atoms with Crippen LogP contribution in [0.3, 0.4) is 0 Å². The molecule has 0 bridgehead atoms. The smallest absolute Gasteiger partial charge is 0.231 e. The number of nitrogens with zero attached hydrogens (tertiary/aromatic N) is 1. The summed E-state index contributed by atoms with van der Waals surface area (Å²) in [7, 11) is 0. The largest absolute Gasteiger partial charge is 0.454 e. The number of Topliss-reactive ketones (excluding diaryl/α,β-unsaturated/α-hetero) is 1. The maximum absolute atomic E-state index is 13.0. The van der Waals surface area contributed by atoms with Crippen molar-refractivity contribution >= 4 is 28.6 Å². The summed E-state index contributed by atoms with van der Waals surface area (Å²) in [4.78, 5) is 16.1. The van der Waals surface area contributed by atoms with Crippen LogP contribution in [0.4, 0.5) is 0 Å². The van der Waals surface area contributed by atoms with Crippen molar-refractivity contribution < 1.29 is 14.3 Å². The number of ether oxygens (including phenoxy) is 2. The molecule has 3 heterocycles. The molecule has 1 atom stereocenters. The Labute approximate surface area is 133 Å². The van der Waals surface area contributed by atoms with Gasteiger partial charge in [0.15, 0.2) is 17.3 Å². The molecule has 4 nitrogen and oxygen atoms in total. The third kappa shape index (κ3) is 1.38. The van der Waals surface area contributed by atoms with Gasteiger partial charge < -0.3 is 14.4 Å². The second-order valence-corrected chi connectivity index (χ2v) is 6.73. The maximum atomic E-state index is 13.0. The summed E-state index contributed by atoms with van der Waals surface area (Å²) >= 11 is 5.49. The molecule has 22 heavy (non-hydrogen) atoms. The number of thiocarbonyl (C=S) groups is 1. The summed E-state index contributed by atoms with van der Waals surface area (Å²) in [6.07, 6.45) is 2.64. The van der Waals surface area contributed by atoms with Crippen LogP contribution in [0, 0.1) is 0 Å². The summed E-state index contributed by atoms with van der Waals surface area (Å²) in [5.74, 6) is 1.59. The lowest BCUT2D eigenvalue weighted by atomic mass is 9.95. The molecule has 3 aliphatic heterocycles. The Kier molecular flexibility index (Phi) is 2.36. The van der Waals surface area contributed by atoms with Crippen LogP contribution in [-0.2, 0) is 11.2 Å². The SMILES string of the molecule is CC1C(=O)C2=C3CCC(=S)N3CCc3cc4c(c1c32)OCO4. The van der Waals surface area contributed by atoms with Crippen molar-refractivity contribution in [1.29, 1.82) is 0 Å². The molecular formula is C17H15NO3S. The fourth-order valence-electron chi connectivity index (χ4n) is 4.18. The number of allylic oxidation sites excluding steroid dienone is 2. The molecule has 0 saturated carbocycles. The summed E-state index contributed by atoms with van der Waals surface area (Å²) < 4.78 is 11.2. The van der Waals surface area contributed by atoms with Gasteiger partial charge in [-0.25, -0.2) is 0 Å². The van der Waals surface area contributed by atoms with E-state index in [0.717, 1.165) is 64.7 Å². The first kappa shape index (κ1) is 12.6. The predicted molar refractivity (Wildman–Crippen MR) is 85.1 cm³/mol. The van der Waals surface area contributed by atoms with Gasteiger partial charge >= 0.3 is 0 Å². The van der Waals surface area contributed by atoms with Crippen molar-refractivity contribution in [3.63, 3.8) is 0 Å². The molecule has 112 valence electrons. The third-order valence-electron chi connectivity index (χ3n) is 5.20. The van der Waals surface area contributed by atoms with Crippen molar-refractivity contribution in [2.75, 3.05) is 13.3 Å². The van der Waals surface area contributed by atoms with E-state index in [4.69, 9.17) is 21.7 Å². The lowest BCUT2D eigenvalue weighted by Gasteiger charge is -2.19. The normalized spacial score (nSPS) is 24.8. The zero-order valence-corrected chi connectivity index (χ0v) is 13.1. The van der Waals surface area contributed by atoms with E-state index in [1.807, 2.05) is 6.92 Å². The van der Waals surface area contributed by atoms with Crippen molar-refractivity contribution in [2.45, 2.75) is 32.1 Å². The van der Waals surface area contributed by atoms with Gasteiger partial charge in [0.25, 0.3) is 0 Å². The monoisotopic (exact) mass is 313 g/mol. The third-order valence-corrected chi connectivity index (χ3v) is 5.62. The van der Waals surface area contributed by atoms with Gasteiger partial charge in [-0.15, -0.1) is 0 Å². The molecule has 0 spiro atoms. The number of rotatable bonds is 0. The Morgan fingerprint density at radius 3 is 3.00 bits per heavy atom. The van der Waals surface area contributed by atoms with E-state index >= 15 is 0 Å². The molecule has 5 heteroatoms. The van der Waals surface area contributed by atoms with Gasteiger partial charge in [-0.2, -0.15) is 0 Å². The lowest BCUT2D eigenvalue weighted by molar-refractivity contribution is -0.114. The molecule has 5 rings (SSSR count). The van der Waals surface area contributed by atoms with Gasteiger partial charge in [0, 0.05) is 35.7 Å². The molecule has 0 N–H and O–H groups in total. The van der Waals surface area contributed by atoms with E-state index in [-0.39, 0.29) is 18.5 Å². The standard InChI is InChI=1S/C17H15NO3S/c1-8-13-14-9(6-11-17(13)21-7-20-11)4-5-18-10(2-3-12(18)22)15(14)16(8)19/h6,8H,2-5,7H2,1H3. The molecule has 0 radical (unpaired) electrons. The van der Waals surface area contributed by atoms with Crippen molar-refractivity contribution in [1.82, 2.24) is 4.90 Å². The van der Waals surface area contributed by atoms with Crippen LogP contribution in [0.1, 0.15) is 42.4 Å². The Morgan fingerprint density at radius 2 is 2.14 bits per heavy atom. The topological polar surface area (TPSA) is 38.8 Å². The summed E-state index contributed by atoms with van der Waals surface area (Å²) in [5.41, 5.74) is 5.32. The molecule has 1 unspecified atom stereocenters. The highest BCUT2D eigenvalue weighted by Gasteiger charge is 2.44. The van der Waals surface area contributed by atoms with E-state index in [2.05, 4.69) is 11.0 Å². The molecule has 1 aromatic carbocycles. The molecule has 1 fully saturated rings. The highest BCUT2D eigenvalue weighted by molar-refractivity contribution is 7.80. The molecule has 1 aliphatic carbocycles. The van der Waals surface area contributed by atoms with Gasteiger partial charge in [-0.3, -0.25) is 4.79 Å². The quantitative estimate of drug-likeness (QED) is 0.689. The number of hydrogen-bond donors (Lipinski definition) is 0. The molecular weight excluding hydrogens is 298 g/mol. The van der Waals surface area contributed by atoms with E-state index < -0.39 is 0 Å². The summed E-state index contributed by atoms with van der Waals surface area (Å²) in [6.45, 7) is 3.07. The molecule has 0 aromatic heterocycles. The second kappa shape index (κ2) is 4.10. The summed E-state index contributed by atoms with van der Waals surface area (Å²) in [6, 6.07) is 2.05. The Bertz CT molecular complexity index is 796. The average molecular weight is 313 g/mol. The van der Waals surface area contributed by atoms with Gasteiger partial charge in [0.1, 0.15) is 0 Å². The number of fused-ring (bicyclic) bond motifs is 3. The van der Waals surface area contributed by atoms with Gasteiger partial charge in [-0.05, 0) is 30.0 Å². The molecule has 1 saturated heterocycles. The van der Waals surface area contributed by atoms with E-state index in [1.165, 1.54) is 5.56 Å². The van der Waals surface area contributed by atoms with Crippen LogP contribution in [0.2, 0.25) is 0 Å². The first-order chi connectivity index (χ1) is 10.7. The summed E-state index contributed by atoms with van der Waals surface area (Å²) in [5, 5.41) is 0. The number of ketones is 1. The fourth-order valence-corrected chi connectivity index (χ4v) is 4.49. The minimum Gasteiger partial charge on any atom is -0.454 e. The minimum absolute atomic E-state index is 0.165. The first-order valence-corrected chi connectivity index (χ1v) is 8.11. The van der Waals surface area contributed by atoms with Crippen LogP contribution in [0.25, 0.3) is 5.57 Å². The van der Waals surface area contributed by atoms with Gasteiger partial charge in [0.2, 0.25) is 6.79 Å². The van der Waals surface area contributed by atoms with Crippen LogP contribution >= 0.6 is 12.2 Å². The molecule has 1 aromatic rings. The van der Waals surface area contributed by atoms with Gasteiger partial charge in [-0.1, -0.05) is 19.1 Å². The van der Waals surface area contributed by atoms with Crippen LogP contribution < -0.4 is 9.47 Å². The highest BCUT2D eigenvalue weighted by atomic mass is 32.1. The van der Waals surface area contributed by atoms with Crippen LogP contribution in [-0.4, -0.2) is 29.0 Å². The van der Waals surface area contributed by atoms with E-state index in [1.54, 1.807) is 0 Å². The second-order valence-electron chi connectivity index (χ2n) is 6.26. The number of benzene rings is 1. The molecule has 0 amide bonds. The molecule has 4 aliphatic rings. The Balaban J connectivity index is 1.87. The fraction of sp³-hybridized carbons (Fsp3) is 0.412. The Hall–Kier alpha value is -1.88. The predicted octanol–water partition coefficient (Wildman–Crippen LogP) is 2.79. The minimum atomic E-state index is -0.165. The van der Waals surface area contributed by atoms with Crippen molar-refractivity contribution in [3.8, 4) is 11.5 Å².